The predicted molar refractivity (Wildman–Crippen MR) is 41.3 cm³/mol. The smallest absolute Gasteiger partial charge is 0.310 e. The number of nitrogens with one attached hydrogen (secondary N) is 1. The van der Waals surface area contributed by atoms with Gasteiger partial charge in [0.15, 0.2) is 5.76 Å². The van der Waals surface area contributed by atoms with Crippen LogP contribution in [0.15, 0.2) is 10.7 Å². The second-order valence-electron chi connectivity index (χ2n) is 2.81. The van der Waals surface area contributed by atoms with Crippen LogP contribution in [0.5, 0.6) is 0 Å². The first-order chi connectivity index (χ1) is 6.33. The van der Waals surface area contributed by atoms with Gasteiger partial charge in [-0.15, -0.1) is 0 Å². The zero-order chi connectivity index (χ0) is 9.26. The molecule has 0 aliphatic carbocycles. The number of carbonyl (C=O) groups excluding carboxylic acids is 1. The van der Waals surface area contributed by atoms with Gasteiger partial charge in [-0.25, -0.2) is 5.48 Å². The molecular weight excluding hydrogens is 174 g/mol. The highest BCUT2D eigenvalue weighted by molar-refractivity contribution is 5.92. The van der Waals surface area contributed by atoms with Crippen LogP contribution in [0.3, 0.4) is 0 Å². The standard InChI is InChI=1S/C8H9NO4/c10-8(9-11)7-6-1-2-12-3-5(6)4-13-7/h4,11H,1-3H2,(H,9,10). The quantitative estimate of drug-likeness (QED) is 0.490. The highest BCUT2D eigenvalue weighted by atomic mass is 16.5. The Morgan fingerprint density at radius 2 is 2.46 bits per heavy atom. The molecule has 1 amide bonds. The first-order valence-electron chi connectivity index (χ1n) is 3.94. The Morgan fingerprint density at radius 1 is 1.62 bits per heavy atom. The summed E-state index contributed by atoms with van der Waals surface area (Å²) in [7, 11) is 0. The lowest BCUT2D eigenvalue weighted by molar-refractivity contribution is 0.0672. The van der Waals surface area contributed by atoms with Crippen LogP contribution < -0.4 is 5.48 Å². The van der Waals surface area contributed by atoms with Gasteiger partial charge in [0.05, 0.1) is 19.5 Å². The maximum atomic E-state index is 11.1. The number of carbonyl (C=O) groups is 1. The van der Waals surface area contributed by atoms with Gasteiger partial charge in [0.25, 0.3) is 0 Å². The molecule has 0 bridgehead atoms. The average Bonchev–Trinajstić information content (AvgIpc) is 2.60. The van der Waals surface area contributed by atoms with E-state index in [1.807, 2.05) is 0 Å². The molecule has 2 rings (SSSR count). The Bertz CT molecular complexity index is 331. The van der Waals surface area contributed by atoms with Crippen LogP contribution in [-0.4, -0.2) is 17.7 Å². The SMILES string of the molecule is O=C(NO)c1occ2c1CCOC2. The van der Waals surface area contributed by atoms with Crippen LogP contribution in [0.4, 0.5) is 0 Å². The van der Waals surface area contributed by atoms with Gasteiger partial charge < -0.3 is 9.15 Å². The molecule has 5 nitrogen and oxygen atoms in total. The zero-order valence-corrected chi connectivity index (χ0v) is 6.87. The molecule has 2 N–H and O–H groups in total. The van der Waals surface area contributed by atoms with Gasteiger partial charge in [-0.05, 0) is 0 Å². The Balaban J connectivity index is 2.36. The molecule has 1 aliphatic heterocycles. The first kappa shape index (κ1) is 8.28. The van der Waals surface area contributed by atoms with Crippen LogP contribution in [0.1, 0.15) is 21.7 Å². The van der Waals surface area contributed by atoms with E-state index in [0.717, 1.165) is 11.1 Å². The van der Waals surface area contributed by atoms with E-state index < -0.39 is 5.91 Å². The van der Waals surface area contributed by atoms with Crippen molar-refractivity contribution in [1.29, 1.82) is 0 Å². The van der Waals surface area contributed by atoms with Crippen LogP contribution in [-0.2, 0) is 17.8 Å². The molecule has 0 radical (unpaired) electrons. The second kappa shape index (κ2) is 3.20. The fourth-order valence-corrected chi connectivity index (χ4v) is 1.41. The predicted octanol–water partition coefficient (Wildman–Crippen LogP) is 0.471. The van der Waals surface area contributed by atoms with E-state index in [4.69, 9.17) is 14.4 Å². The number of hydrogen-bond acceptors (Lipinski definition) is 4. The van der Waals surface area contributed by atoms with E-state index in [0.29, 0.717) is 19.6 Å². The van der Waals surface area contributed by atoms with Crippen molar-refractivity contribution >= 4 is 5.91 Å². The minimum Gasteiger partial charge on any atom is -0.458 e. The zero-order valence-electron chi connectivity index (χ0n) is 6.87. The minimum absolute atomic E-state index is 0.181. The third-order valence-electron chi connectivity index (χ3n) is 2.04. The Labute approximate surface area is 74.3 Å². The van der Waals surface area contributed by atoms with Crippen molar-refractivity contribution in [3.05, 3.63) is 23.2 Å². The molecule has 0 spiro atoms. The molecule has 1 aromatic heterocycles. The molecule has 1 aromatic rings. The van der Waals surface area contributed by atoms with Crippen LogP contribution in [0.25, 0.3) is 0 Å². The lowest BCUT2D eigenvalue weighted by Gasteiger charge is -2.11. The summed E-state index contributed by atoms with van der Waals surface area (Å²) in [5.41, 5.74) is 3.25. The summed E-state index contributed by atoms with van der Waals surface area (Å²) in [4.78, 5) is 11.1. The van der Waals surface area contributed by atoms with E-state index in [9.17, 15) is 4.79 Å². The van der Waals surface area contributed by atoms with Gasteiger partial charge in [0, 0.05) is 17.5 Å². The molecule has 0 fully saturated rings. The molecular formula is C8H9NO4. The van der Waals surface area contributed by atoms with Crippen molar-refractivity contribution < 1.29 is 19.2 Å². The third kappa shape index (κ3) is 1.32. The summed E-state index contributed by atoms with van der Waals surface area (Å²) in [6, 6.07) is 0. The normalized spacial score (nSPS) is 15.2. The number of amides is 1. The Morgan fingerprint density at radius 3 is 3.23 bits per heavy atom. The van der Waals surface area contributed by atoms with Gasteiger partial charge >= 0.3 is 5.91 Å². The van der Waals surface area contributed by atoms with Crippen molar-refractivity contribution in [2.45, 2.75) is 13.0 Å². The summed E-state index contributed by atoms with van der Waals surface area (Å²) in [6.45, 7) is 1.05. The molecule has 1 aliphatic rings. The van der Waals surface area contributed by atoms with Gasteiger partial charge in [-0.3, -0.25) is 10.0 Å². The average molecular weight is 183 g/mol. The molecule has 2 heterocycles. The molecule has 0 aromatic carbocycles. The molecule has 70 valence electrons. The fourth-order valence-electron chi connectivity index (χ4n) is 1.41. The highest BCUT2D eigenvalue weighted by Gasteiger charge is 2.21. The molecule has 0 saturated carbocycles. The number of rotatable bonds is 1. The number of fused-ring (bicyclic) bond motifs is 1. The van der Waals surface area contributed by atoms with E-state index in [-0.39, 0.29) is 5.76 Å². The van der Waals surface area contributed by atoms with Crippen molar-refractivity contribution in [3.8, 4) is 0 Å². The maximum Gasteiger partial charge on any atom is 0.310 e. The minimum atomic E-state index is -0.608. The summed E-state index contributed by atoms with van der Waals surface area (Å²) in [5.74, 6) is -0.427. The first-order valence-corrected chi connectivity index (χ1v) is 3.94. The van der Waals surface area contributed by atoms with Crippen molar-refractivity contribution in [2.24, 2.45) is 0 Å². The van der Waals surface area contributed by atoms with Crippen molar-refractivity contribution in [2.75, 3.05) is 6.61 Å². The molecule has 0 atom stereocenters. The third-order valence-corrected chi connectivity index (χ3v) is 2.04. The fraction of sp³-hybridized carbons (Fsp3) is 0.375. The molecule has 5 heteroatoms. The summed E-state index contributed by atoms with van der Waals surface area (Å²) in [5, 5.41) is 8.42. The van der Waals surface area contributed by atoms with E-state index >= 15 is 0 Å². The number of hydrogen-bond donors (Lipinski definition) is 2. The van der Waals surface area contributed by atoms with Gasteiger partial charge in [-0.1, -0.05) is 0 Å². The second-order valence-corrected chi connectivity index (χ2v) is 2.81. The topological polar surface area (TPSA) is 71.7 Å². The lowest BCUT2D eigenvalue weighted by atomic mass is 10.1. The number of hydroxylamine groups is 1. The molecule has 13 heavy (non-hydrogen) atoms. The molecule has 0 unspecified atom stereocenters. The van der Waals surface area contributed by atoms with E-state index in [1.165, 1.54) is 6.26 Å². The lowest BCUT2D eigenvalue weighted by Crippen LogP contribution is -2.21. The monoisotopic (exact) mass is 183 g/mol. The number of ether oxygens (including phenoxy) is 1. The van der Waals surface area contributed by atoms with E-state index in [1.54, 1.807) is 5.48 Å². The van der Waals surface area contributed by atoms with Gasteiger partial charge in [-0.2, -0.15) is 0 Å². The highest BCUT2D eigenvalue weighted by Crippen LogP contribution is 2.22. The Kier molecular flexibility index (Phi) is 2.03. The van der Waals surface area contributed by atoms with Crippen LogP contribution in [0, 0.1) is 0 Å². The van der Waals surface area contributed by atoms with Crippen molar-refractivity contribution in [1.82, 2.24) is 5.48 Å². The largest absolute Gasteiger partial charge is 0.458 e. The maximum absolute atomic E-state index is 11.1. The molecule has 0 saturated heterocycles. The summed E-state index contributed by atoms with van der Waals surface area (Å²) < 4.78 is 10.2. The van der Waals surface area contributed by atoms with Crippen molar-refractivity contribution in [3.63, 3.8) is 0 Å². The number of furan rings is 1. The van der Waals surface area contributed by atoms with Gasteiger partial charge in [0.2, 0.25) is 0 Å². The summed E-state index contributed by atoms with van der Waals surface area (Å²) in [6.07, 6.45) is 2.13. The van der Waals surface area contributed by atoms with E-state index in [2.05, 4.69) is 0 Å². The summed E-state index contributed by atoms with van der Waals surface area (Å²) >= 11 is 0. The Hall–Kier alpha value is -1.33. The van der Waals surface area contributed by atoms with Crippen LogP contribution >= 0.6 is 0 Å². The van der Waals surface area contributed by atoms with Crippen LogP contribution in [0.2, 0.25) is 0 Å². The van der Waals surface area contributed by atoms with Gasteiger partial charge in [0.1, 0.15) is 0 Å².